The number of aryl methyl sites for hydroxylation is 1. The van der Waals surface area contributed by atoms with Crippen molar-refractivity contribution in [2.75, 3.05) is 13.1 Å². The maximum absolute atomic E-state index is 13.4. The number of carbonyl (C=O) groups is 1. The van der Waals surface area contributed by atoms with Crippen molar-refractivity contribution in [3.8, 4) is 0 Å². The number of rotatable bonds is 2. The summed E-state index contributed by atoms with van der Waals surface area (Å²) in [5, 5.41) is 12.9. The molecule has 3 unspecified atom stereocenters. The normalized spacial score (nSPS) is 25.6. The third kappa shape index (κ3) is 3.66. The molecule has 1 aromatic carbocycles. The number of hydrogen-bond acceptors (Lipinski definition) is 2. The van der Waals surface area contributed by atoms with Crippen LogP contribution in [0.2, 0.25) is 0 Å². The van der Waals surface area contributed by atoms with Crippen LogP contribution in [0, 0.1) is 11.7 Å². The molecule has 1 fully saturated rings. The highest BCUT2D eigenvalue weighted by molar-refractivity contribution is 5.75. The minimum absolute atomic E-state index is 0.0428. The third-order valence-corrected chi connectivity index (χ3v) is 5.14. The molecule has 2 N–H and O–H groups in total. The lowest BCUT2D eigenvalue weighted by molar-refractivity contribution is 0.0731. The smallest absolute Gasteiger partial charge is 0.317 e. The van der Waals surface area contributed by atoms with Crippen molar-refractivity contribution in [2.45, 2.75) is 51.2 Å². The first-order valence-corrected chi connectivity index (χ1v) is 8.56. The van der Waals surface area contributed by atoms with Gasteiger partial charge < -0.3 is 15.3 Å². The quantitative estimate of drug-likeness (QED) is 0.880. The maximum atomic E-state index is 13.4. The predicted octanol–water partition coefficient (Wildman–Crippen LogP) is 3.01. The molecule has 3 rings (SSSR count). The Bertz CT molecular complexity index is 576. The van der Waals surface area contributed by atoms with E-state index in [0.29, 0.717) is 6.54 Å². The van der Waals surface area contributed by atoms with Crippen LogP contribution >= 0.6 is 0 Å². The monoisotopic (exact) mass is 320 g/mol. The molecule has 2 aliphatic rings. The van der Waals surface area contributed by atoms with Gasteiger partial charge in [0.05, 0.1) is 12.1 Å². The summed E-state index contributed by atoms with van der Waals surface area (Å²) in [4.78, 5) is 14.4. The SMILES string of the molecule is CC(O)C1CCCN(C(=O)NC2CCCc3cc(F)ccc32)C1. The fraction of sp³-hybridized carbons (Fsp3) is 0.611. The molecule has 0 aromatic heterocycles. The molecule has 1 heterocycles. The Morgan fingerprint density at radius 3 is 3.00 bits per heavy atom. The van der Waals surface area contributed by atoms with E-state index in [1.807, 2.05) is 0 Å². The number of halogens is 1. The molecule has 0 spiro atoms. The van der Waals surface area contributed by atoms with E-state index in [2.05, 4.69) is 5.32 Å². The fourth-order valence-electron chi connectivity index (χ4n) is 3.76. The van der Waals surface area contributed by atoms with E-state index in [1.165, 1.54) is 6.07 Å². The van der Waals surface area contributed by atoms with Crippen molar-refractivity contribution in [3.63, 3.8) is 0 Å². The zero-order valence-corrected chi connectivity index (χ0v) is 13.6. The zero-order chi connectivity index (χ0) is 16.4. The first-order valence-electron chi connectivity index (χ1n) is 8.56. The molecule has 0 radical (unpaired) electrons. The Balaban J connectivity index is 1.67. The molecule has 2 amide bonds. The minimum atomic E-state index is -0.385. The number of aliphatic hydroxyl groups excluding tert-OH is 1. The molecule has 1 aliphatic carbocycles. The number of carbonyl (C=O) groups excluding carboxylic acids is 1. The summed E-state index contributed by atoms with van der Waals surface area (Å²) >= 11 is 0. The number of hydrogen-bond donors (Lipinski definition) is 2. The molecule has 5 heteroatoms. The first-order chi connectivity index (χ1) is 11.0. The lowest BCUT2D eigenvalue weighted by Crippen LogP contribution is -2.48. The summed E-state index contributed by atoms with van der Waals surface area (Å²) in [6.07, 6.45) is 4.22. The van der Waals surface area contributed by atoms with Gasteiger partial charge in [-0.05, 0) is 62.3 Å². The van der Waals surface area contributed by atoms with Gasteiger partial charge in [0.1, 0.15) is 5.82 Å². The summed E-state index contributed by atoms with van der Waals surface area (Å²) in [7, 11) is 0. The van der Waals surface area contributed by atoms with Crippen LogP contribution in [0.25, 0.3) is 0 Å². The molecule has 3 atom stereocenters. The van der Waals surface area contributed by atoms with E-state index in [1.54, 1.807) is 24.0 Å². The number of aliphatic hydroxyl groups is 1. The van der Waals surface area contributed by atoms with Crippen LogP contribution in [0.4, 0.5) is 9.18 Å². The zero-order valence-electron chi connectivity index (χ0n) is 13.6. The standard InChI is InChI=1S/C18H25FN2O2/c1-12(22)14-5-3-9-21(11-14)18(23)20-17-6-2-4-13-10-15(19)7-8-16(13)17/h7-8,10,12,14,17,22H,2-6,9,11H2,1H3,(H,20,23). The summed E-state index contributed by atoms with van der Waals surface area (Å²) in [6, 6.07) is 4.73. The lowest BCUT2D eigenvalue weighted by Gasteiger charge is -2.36. The van der Waals surface area contributed by atoms with Gasteiger partial charge in [-0.1, -0.05) is 6.07 Å². The van der Waals surface area contributed by atoms with Crippen molar-refractivity contribution in [3.05, 3.63) is 35.1 Å². The van der Waals surface area contributed by atoms with E-state index in [-0.39, 0.29) is 29.9 Å². The van der Waals surface area contributed by atoms with Gasteiger partial charge in [0.15, 0.2) is 0 Å². The number of amides is 2. The van der Waals surface area contributed by atoms with Gasteiger partial charge in [-0.15, -0.1) is 0 Å². The second-order valence-corrected chi connectivity index (χ2v) is 6.83. The van der Waals surface area contributed by atoms with Crippen LogP contribution in [0.5, 0.6) is 0 Å². The van der Waals surface area contributed by atoms with E-state index in [9.17, 15) is 14.3 Å². The third-order valence-electron chi connectivity index (χ3n) is 5.14. The van der Waals surface area contributed by atoms with Crippen molar-refractivity contribution in [1.82, 2.24) is 10.2 Å². The van der Waals surface area contributed by atoms with Crippen LogP contribution in [0.1, 0.15) is 49.8 Å². The molecule has 0 saturated carbocycles. The molecule has 4 nitrogen and oxygen atoms in total. The minimum Gasteiger partial charge on any atom is -0.393 e. The molecule has 126 valence electrons. The van der Waals surface area contributed by atoms with Crippen molar-refractivity contribution in [1.29, 1.82) is 0 Å². The van der Waals surface area contributed by atoms with Gasteiger partial charge in [0.2, 0.25) is 0 Å². The Hall–Kier alpha value is -1.62. The van der Waals surface area contributed by atoms with Crippen molar-refractivity contribution < 1.29 is 14.3 Å². The average molecular weight is 320 g/mol. The number of nitrogens with one attached hydrogen (secondary N) is 1. The Labute approximate surface area is 136 Å². The second kappa shape index (κ2) is 6.87. The molecular formula is C18H25FN2O2. The molecule has 23 heavy (non-hydrogen) atoms. The molecular weight excluding hydrogens is 295 g/mol. The van der Waals surface area contributed by atoms with Gasteiger partial charge in [-0.2, -0.15) is 0 Å². The first kappa shape index (κ1) is 16.2. The van der Waals surface area contributed by atoms with Crippen LogP contribution in [0.15, 0.2) is 18.2 Å². The summed E-state index contributed by atoms with van der Waals surface area (Å²) in [5.74, 6) is -0.0613. The van der Waals surface area contributed by atoms with Crippen molar-refractivity contribution in [2.24, 2.45) is 5.92 Å². The number of fused-ring (bicyclic) bond motifs is 1. The molecule has 1 aromatic rings. The molecule has 0 bridgehead atoms. The maximum Gasteiger partial charge on any atom is 0.317 e. The van der Waals surface area contributed by atoms with Crippen LogP contribution in [-0.2, 0) is 6.42 Å². The molecule has 1 aliphatic heterocycles. The number of benzene rings is 1. The van der Waals surface area contributed by atoms with Crippen molar-refractivity contribution >= 4 is 6.03 Å². The van der Waals surface area contributed by atoms with Crippen LogP contribution in [0.3, 0.4) is 0 Å². The van der Waals surface area contributed by atoms with Gasteiger partial charge >= 0.3 is 6.03 Å². The summed E-state index contributed by atoms with van der Waals surface area (Å²) in [6.45, 7) is 3.13. The van der Waals surface area contributed by atoms with Gasteiger partial charge in [0, 0.05) is 19.0 Å². The lowest BCUT2D eigenvalue weighted by atomic mass is 9.87. The topological polar surface area (TPSA) is 52.6 Å². The highest BCUT2D eigenvalue weighted by Crippen LogP contribution is 2.30. The van der Waals surface area contributed by atoms with Gasteiger partial charge in [-0.3, -0.25) is 0 Å². The van der Waals surface area contributed by atoms with E-state index in [4.69, 9.17) is 0 Å². The van der Waals surface area contributed by atoms with E-state index in [0.717, 1.165) is 49.8 Å². The second-order valence-electron chi connectivity index (χ2n) is 6.83. The predicted molar refractivity (Wildman–Crippen MR) is 86.6 cm³/mol. The molecule has 1 saturated heterocycles. The number of urea groups is 1. The fourth-order valence-corrected chi connectivity index (χ4v) is 3.76. The highest BCUT2D eigenvalue weighted by Gasteiger charge is 2.29. The van der Waals surface area contributed by atoms with E-state index < -0.39 is 0 Å². The van der Waals surface area contributed by atoms with Crippen LogP contribution < -0.4 is 5.32 Å². The Kier molecular flexibility index (Phi) is 4.85. The van der Waals surface area contributed by atoms with Gasteiger partial charge in [-0.25, -0.2) is 9.18 Å². The Morgan fingerprint density at radius 2 is 2.22 bits per heavy atom. The number of likely N-dealkylation sites (tertiary alicyclic amines) is 1. The number of nitrogens with zero attached hydrogens (tertiary/aromatic N) is 1. The highest BCUT2D eigenvalue weighted by atomic mass is 19.1. The summed E-state index contributed by atoms with van der Waals surface area (Å²) in [5.41, 5.74) is 2.04. The van der Waals surface area contributed by atoms with Gasteiger partial charge in [0.25, 0.3) is 0 Å². The Morgan fingerprint density at radius 1 is 1.39 bits per heavy atom. The average Bonchev–Trinajstić information content (AvgIpc) is 2.54. The number of piperidine rings is 1. The van der Waals surface area contributed by atoms with Crippen LogP contribution in [-0.4, -0.2) is 35.2 Å². The summed E-state index contributed by atoms with van der Waals surface area (Å²) < 4.78 is 13.4. The van der Waals surface area contributed by atoms with E-state index >= 15 is 0 Å². The largest absolute Gasteiger partial charge is 0.393 e.